The van der Waals surface area contributed by atoms with E-state index in [4.69, 9.17) is 16.1 Å². The topological polar surface area (TPSA) is 73.0 Å². The van der Waals surface area contributed by atoms with Crippen molar-refractivity contribution in [3.8, 4) is 0 Å². The lowest BCUT2D eigenvalue weighted by atomic mass is 10.0. The number of halogens is 1. The van der Waals surface area contributed by atoms with Gasteiger partial charge in [-0.05, 0) is 25.1 Å². The Morgan fingerprint density at radius 2 is 2.13 bits per heavy atom. The average molecular weight is 333 g/mol. The van der Waals surface area contributed by atoms with E-state index in [0.29, 0.717) is 28.0 Å². The van der Waals surface area contributed by atoms with Gasteiger partial charge >= 0.3 is 0 Å². The smallest absolute Gasteiger partial charge is 0.263 e. The molecule has 3 rings (SSSR count). The molecule has 0 spiro atoms. The zero-order valence-corrected chi connectivity index (χ0v) is 14.1. The van der Waals surface area contributed by atoms with Crippen LogP contribution in [0, 0.1) is 6.92 Å². The summed E-state index contributed by atoms with van der Waals surface area (Å²) in [6.45, 7) is 5.65. The van der Waals surface area contributed by atoms with Gasteiger partial charge in [-0.2, -0.15) is 0 Å². The highest BCUT2D eigenvalue weighted by molar-refractivity contribution is 6.31. The third-order valence-electron chi connectivity index (χ3n) is 3.71. The van der Waals surface area contributed by atoms with Gasteiger partial charge in [0.1, 0.15) is 5.56 Å². The Hall–Kier alpha value is -2.34. The maximum absolute atomic E-state index is 12.6. The number of aromatic nitrogens is 3. The summed E-state index contributed by atoms with van der Waals surface area (Å²) in [5.74, 6) is 0.803. The summed E-state index contributed by atoms with van der Waals surface area (Å²) in [6, 6.07) is 5.42. The zero-order valence-electron chi connectivity index (χ0n) is 13.3. The first-order valence-electron chi connectivity index (χ1n) is 7.28. The molecule has 2 heterocycles. The van der Waals surface area contributed by atoms with Gasteiger partial charge in [0, 0.05) is 18.0 Å². The van der Waals surface area contributed by atoms with Crippen molar-refractivity contribution in [1.82, 2.24) is 14.7 Å². The second-order valence-corrected chi connectivity index (χ2v) is 6.18. The first-order valence-corrected chi connectivity index (χ1v) is 7.65. The monoisotopic (exact) mass is 332 g/mol. The summed E-state index contributed by atoms with van der Waals surface area (Å²) in [6.07, 6.45) is 0. The SMILES string of the molecule is Cc1noc(C(C)C)c1C(=O)Nc1nc2cc(Cl)ccc2n1C. The van der Waals surface area contributed by atoms with E-state index in [0.717, 1.165) is 11.0 Å². The molecule has 0 fully saturated rings. The summed E-state index contributed by atoms with van der Waals surface area (Å²) in [5, 5.41) is 7.33. The van der Waals surface area contributed by atoms with Crippen LogP contribution in [0.3, 0.4) is 0 Å². The third kappa shape index (κ3) is 2.70. The van der Waals surface area contributed by atoms with Gasteiger partial charge in [-0.1, -0.05) is 30.6 Å². The number of rotatable bonds is 3. The number of benzene rings is 1. The van der Waals surface area contributed by atoms with E-state index in [2.05, 4.69) is 15.5 Å². The predicted molar refractivity (Wildman–Crippen MR) is 89.0 cm³/mol. The highest BCUT2D eigenvalue weighted by Crippen LogP contribution is 2.25. The maximum atomic E-state index is 12.6. The van der Waals surface area contributed by atoms with Crippen LogP contribution in [0.4, 0.5) is 5.95 Å². The highest BCUT2D eigenvalue weighted by Gasteiger charge is 2.23. The van der Waals surface area contributed by atoms with Crippen molar-refractivity contribution in [2.24, 2.45) is 7.05 Å². The predicted octanol–water partition coefficient (Wildman–Crippen LogP) is 3.90. The van der Waals surface area contributed by atoms with Crippen molar-refractivity contribution in [1.29, 1.82) is 0 Å². The molecular formula is C16H17ClN4O2. The molecule has 1 aromatic carbocycles. The van der Waals surface area contributed by atoms with Gasteiger partial charge < -0.3 is 9.09 Å². The van der Waals surface area contributed by atoms with Gasteiger partial charge in [-0.15, -0.1) is 0 Å². The standard InChI is InChI=1S/C16H17ClN4O2/c1-8(2)14-13(9(3)20-23-14)15(22)19-16-18-11-7-10(17)5-6-12(11)21(16)4/h5-8H,1-4H3,(H,18,19,22). The molecular weight excluding hydrogens is 316 g/mol. The van der Waals surface area contributed by atoms with Crippen molar-refractivity contribution in [2.45, 2.75) is 26.7 Å². The molecule has 0 atom stereocenters. The van der Waals surface area contributed by atoms with Crippen LogP contribution in [0.2, 0.25) is 5.02 Å². The molecule has 0 aliphatic rings. The number of amides is 1. The number of aryl methyl sites for hydroxylation is 2. The maximum Gasteiger partial charge on any atom is 0.263 e. The Kier molecular flexibility index (Phi) is 3.85. The van der Waals surface area contributed by atoms with Gasteiger partial charge in [0.05, 0.1) is 16.7 Å². The van der Waals surface area contributed by atoms with Crippen LogP contribution in [-0.2, 0) is 7.05 Å². The number of imidazole rings is 1. The van der Waals surface area contributed by atoms with Crippen molar-refractivity contribution in [3.05, 3.63) is 40.2 Å². The molecule has 0 aliphatic heterocycles. The van der Waals surface area contributed by atoms with Crippen LogP contribution in [0.1, 0.15) is 41.6 Å². The number of nitrogens with one attached hydrogen (secondary N) is 1. The lowest BCUT2D eigenvalue weighted by molar-refractivity contribution is 0.102. The minimum atomic E-state index is -0.281. The number of carbonyl (C=O) groups is 1. The van der Waals surface area contributed by atoms with Crippen molar-refractivity contribution >= 4 is 34.5 Å². The molecule has 7 heteroatoms. The molecule has 0 unspecified atom stereocenters. The van der Waals surface area contributed by atoms with Gasteiger partial charge in [-0.25, -0.2) is 4.98 Å². The summed E-state index contributed by atoms with van der Waals surface area (Å²) in [4.78, 5) is 17.0. The van der Waals surface area contributed by atoms with Crippen LogP contribution < -0.4 is 5.32 Å². The summed E-state index contributed by atoms with van der Waals surface area (Å²) in [5.41, 5.74) is 2.63. The number of carbonyl (C=O) groups excluding carboxylic acids is 1. The van der Waals surface area contributed by atoms with Crippen LogP contribution in [0.5, 0.6) is 0 Å². The Morgan fingerprint density at radius 3 is 2.83 bits per heavy atom. The quantitative estimate of drug-likeness (QED) is 0.789. The van der Waals surface area contributed by atoms with E-state index in [1.807, 2.05) is 27.0 Å². The second-order valence-electron chi connectivity index (χ2n) is 5.74. The van der Waals surface area contributed by atoms with Gasteiger partial charge in [0.15, 0.2) is 5.76 Å². The first kappa shape index (κ1) is 15.6. The van der Waals surface area contributed by atoms with Crippen LogP contribution in [0.25, 0.3) is 11.0 Å². The normalized spacial score (nSPS) is 11.4. The van der Waals surface area contributed by atoms with E-state index in [9.17, 15) is 4.79 Å². The largest absolute Gasteiger partial charge is 0.360 e. The molecule has 2 aromatic heterocycles. The van der Waals surface area contributed by atoms with Gasteiger partial charge in [0.2, 0.25) is 5.95 Å². The van der Waals surface area contributed by atoms with Crippen molar-refractivity contribution < 1.29 is 9.32 Å². The Morgan fingerprint density at radius 1 is 1.39 bits per heavy atom. The molecule has 1 amide bonds. The van der Waals surface area contributed by atoms with E-state index in [-0.39, 0.29) is 11.8 Å². The number of fused-ring (bicyclic) bond motifs is 1. The minimum Gasteiger partial charge on any atom is -0.360 e. The second kappa shape index (κ2) is 5.70. The lowest BCUT2D eigenvalue weighted by Crippen LogP contribution is -2.17. The molecule has 6 nitrogen and oxygen atoms in total. The number of anilines is 1. The highest BCUT2D eigenvalue weighted by atomic mass is 35.5. The number of hydrogen-bond acceptors (Lipinski definition) is 4. The molecule has 120 valence electrons. The van der Waals surface area contributed by atoms with Crippen LogP contribution in [0.15, 0.2) is 22.7 Å². The Bertz CT molecular complexity index is 895. The van der Waals surface area contributed by atoms with E-state index in [1.165, 1.54) is 0 Å². The Labute approximate surface area is 138 Å². The van der Waals surface area contributed by atoms with Crippen LogP contribution >= 0.6 is 11.6 Å². The lowest BCUT2D eigenvalue weighted by Gasteiger charge is -2.07. The number of hydrogen-bond donors (Lipinski definition) is 1. The van der Waals surface area contributed by atoms with Crippen molar-refractivity contribution in [2.75, 3.05) is 5.32 Å². The number of nitrogens with zero attached hydrogens (tertiary/aromatic N) is 3. The molecule has 0 saturated carbocycles. The third-order valence-corrected chi connectivity index (χ3v) is 3.94. The van der Waals surface area contributed by atoms with Gasteiger partial charge in [-0.3, -0.25) is 10.1 Å². The van der Waals surface area contributed by atoms with E-state index in [1.54, 1.807) is 23.6 Å². The average Bonchev–Trinajstić information content (AvgIpc) is 3.00. The molecule has 23 heavy (non-hydrogen) atoms. The molecule has 1 N–H and O–H groups in total. The molecule has 0 saturated heterocycles. The van der Waals surface area contributed by atoms with Gasteiger partial charge in [0.25, 0.3) is 5.91 Å². The van der Waals surface area contributed by atoms with E-state index < -0.39 is 0 Å². The van der Waals surface area contributed by atoms with E-state index >= 15 is 0 Å². The molecule has 0 aliphatic carbocycles. The fourth-order valence-corrected chi connectivity index (χ4v) is 2.67. The zero-order chi connectivity index (χ0) is 16.7. The molecule has 0 radical (unpaired) electrons. The summed E-state index contributed by atoms with van der Waals surface area (Å²) in [7, 11) is 1.84. The summed E-state index contributed by atoms with van der Waals surface area (Å²) >= 11 is 5.99. The fourth-order valence-electron chi connectivity index (χ4n) is 2.51. The minimum absolute atomic E-state index is 0.0659. The first-order chi connectivity index (χ1) is 10.9. The fraction of sp³-hybridized carbons (Fsp3) is 0.312. The Balaban J connectivity index is 1.98. The van der Waals surface area contributed by atoms with Crippen LogP contribution in [-0.4, -0.2) is 20.6 Å². The molecule has 3 aromatic rings. The molecule has 0 bridgehead atoms. The van der Waals surface area contributed by atoms with Crippen molar-refractivity contribution in [3.63, 3.8) is 0 Å². The summed E-state index contributed by atoms with van der Waals surface area (Å²) < 4.78 is 7.07.